The number of para-hydroxylation sites is 1. The van der Waals surface area contributed by atoms with E-state index in [9.17, 15) is 22.1 Å². The lowest BCUT2D eigenvalue weighted by Crippen LogP contribution is -2.45. The maximum atomic E-state index is 13.7. The number of amides is 1. The van der Waals surface area contributed by atoms with Gasteiger partial charge < -0.3 is 17.3 Å². The molecule has 0 aliphatic rings. The van der Waals surface area contributed by atoms with Crippen LogP contribution in [0.2, 0.25) is 0 Å². The summed E-state index contributed by atoms with van der Waals surface area (Å²) in [6.45, 7) is 2.06. The fourth-order valence-electron chi connectivity index (χ4n) is 4.07. The summed E-state index contributed by atoms with van der Waals surface area (Å²) in [6, 6.07) is 42.2. The van der Waals surface area contributed by atoms with Crippen LogP contribution in [0.1, 0.15) is 16.1 Å². The number of halogens is 4. The van der Waals surface area contributed by atoms with Crippen molar-refractivity contribution in [1.82, 2.24) is 5.43 Å². The quantitative estimate of drug-likeness (QED) is 0.100. The Labute approximate surface area is 230 Å². The van der Waals surface area contributed by atoms with Crippen LogP contribution in [-0.2, 0) is 0 Å². The van der Waals surface area contributed by atoms with Gasteiger partial charge in [0.2, 0.25) is 11.4 Å². The highest BCUT2D eigenvalue weighted by molar-refractivity contribution is 6.50. The predicted octanol–water partition coefficient (Wildman–Crippen LogP) is 7.66. The van der Waals surface area contributed by atoms with Crippen molar-refractivity contribution in [1.29, 1.82) is 0 Å². The number of carbonyl (C=O) groups is 1. The molecular formula is C31H26BF4N3O. The topological polar surface area (TPSA) is 45.0 Å². The number of rotatable bonds is 6. The highest BCUT2D eigenvalue weighted by atomic mass is 19.5. The first-order valence-corrected chi connectivity index (χ1v) is 12.5. The summed E-state index contributed by atoms with van der Waals surface area (Å²) in [4.78, 5) is 13.7. The number of nitrogens with one attached hydrogen (secondary N) is 2. The molecule has 1 amide bonds. The van der Waals surface area contributed by atoms with Gasteiger partial charge in [0.15, 0.2) is 0 Å². The van der Waals surface area contributed by atoms with Gasteiger partial charge in [-0.05, 0) is 42.3 Å². The lowest BCUT2D eigenvalue weighted by molar-refractivity contribution is -0.586. The molecule has 40 heavy (non-hydrogen) atoms. The Morgan fingerprint density at radius 1 is 0.650 bits per heavy atom. The molecule has 0 bridgehead atoms. The third-order valence-electron chi connectivity index (χ3n) is 5.86. The Kier molecular flexibility index (Phi) is 8.96. The fourth-order valence-corrected chi connectivity index (χ4v) is 4.07. The Balaban J connectivity index is 0.000000681. The summed E-state index contributed by atoms with van der Waals surface area (Å²) in [7, 11) is -6.00. The van der Waals surface area contributed by atoms with Crippen LogP contribution in [0, 0.1) is 6.92 Å². The summed E-state index contributed by atoms with van der Waals surface area (Å²) in [6.07, 6.45) is 0. The van der Waals surface area contributed by atoms with Crippen molar-refractivity contribution in [2.24, 2.45) is 0 Å². The number of benzene rings is 4. The Morgan fingerprint density at radius 2 is 1.15 bits per heavy atom. The average Bonchev–Trinajstić information content (AvgIpc) is 2.96. The van der Waals surface area contributed by atoms with E-state index in [1.807, 2.05) is 89.5 Å². The first kappa shape index (κ1) is 28.1. The van der Waals surface area contributed by atoms with E-state index >= 15 is 0 Å². The normalized spacial score (nSPS) is 10.7. The summed E-state index contributed by atoms with van der Waals surface area (Å²) in [5, 5.41) is 0. The maximum absolute atomic E-state index is 13.7. The van der Waals surface area contributed by atoms with E-state index in [1.54, 1.807) is 0 Å². The molecule has 0 fully saturated rings. The zero-order chi connectivity index (χ0) is 28.5. The van der Waals surface area contributed by atoms with Gasteiger partial charge in [-0.3, -0.25) is 15.6 Å². The van der Waals surface area contributed by atoms with Crippen molar-refractivity contribution < 1.29 is 26.6 Å². The van der Waals surface area contributed by atoms with Crippen LogP contribution in [0.25, 0.3) is 28.1 Å². The first-order valence-electron chi connectivity index (χ1n) is 12.5. The summed E-state index contributed by atoms with van der Waals surface area (Å²) < 4.78 is 41.0. The number of carbonyl (C=O) groups excluding carboxylic acids is 1. The molecule has 5 aromatic rings. The van der Waals surface area contributed by atoms with E-state index in [4.69, 9.17) is 0 Å². The van der Waals surface area contributed by atoms with Crippen LogP contribution in [0.4, 0.5) is 23.0 Å². The second kappa shape index (κ2) is 12.8. The van der Waals surface area contributed by atoms with Crippen LogP contribution in [-0.4, -0.2) is 13.2 Å². The van der Waals surface area contributed by atoms with Crippen LogP contribution >= 0.6 is 0 Å². The smallest absolute Gasteiger partial charge is 0.418 e. The number of hydrazine groups is 1. The van der Waals surface area contributed by atoms with Crippen molar-refractivity contribution in [2.75, 3.05) is 5.43 Å². The number of aromatic nitrogens is 1. The van der Waals surface area contributed by atoms with Crippen molar-refractivity contribution >= 4 is 18.8 Å². The molecule has 0 atom stereocenters. The summed E-state index contributed by atoms with van der Waals surface area (Å²) in [5.74, 6) is -0.232. The highest BCUT2D eigenvalue weighted by Crippen LogP contribution is 2.26. The van der Waals surface area contributed by atoms with Gasteiger partial charge in [-0.1, -0.05) is 84.4 Å². The molecule has 0 saturated heterocycles. The molecule has 4 nitrogen and oxygen atoms in total. The molecule has 5 rings (SSSR count). The fraction of sp³-hybridized carbons (Fsp3) is 0.0323. The number of nitrogens with zero attached hydrogens (tertiary/aromatic N) is 1. The van der Waals surface area contributed by atoms with E-state index in [0.717, 1.165) is 39.3 Å². The van der Waals surface area contributed by atoms with E-state index in [-0.39, 0.29) is 5.91 Å². The molecule has 1 heterocycles. The third-order valence-corrected chi connectivity index (χ3v) is 5.86. The largest absolute Gasteiger partial charge is 0.673 e. The van der Waals surface area contributed by atoms with Crippen LogP contribution in [0.15, 0.2) is 127 Å². The number of hydrogen-bond donors (Lipinski definition) is 2. The molecule has 0 aliphatic heterocycles. The summed E-state index contributed by atoms with van der Waals surface area (Å²) >= 11 is 0. The van der Waals surface area contributed by atoms with Gasteiger partial charge in [-0.25, -0.2) is 0 Å². The number of aryl methyl sites for hydroxylation is 1. The zero-order valence-corrected chi connectivity index (χ0v) is 21.6. The molecular weight excluding hydrogens is 517 g/mol. The van der Waals surface area contributed by atoms with Gasteiger partial charge in [0.25, 0.3) is 5.69 Å². The minimum Gasteiger partial charge on any atom is -0.418 e. The van der Waals surface area contributed by atoms with Crippen LogP contribution in [0.3, 0.4) is 0 Å². The van der Waals surface area contributed by atoms with E-state index in [1.165, 1.54) is 0 Å². The van der Waals surface area contributed by atoms with Crippen LogP contribution < -0.4 is 15.4 Å². The van der Waals surface area contributed by atoms with Crippen molar-refractivity contribution in [3.8, 4) is 28.1 Å². The molecule has 0 aliphatic carbocycles. The van der Waals surface area contributed by atoms with Gasteiger partial charge in [0.1, 0.15) is 0 Å². The minimum atomic E-state index is -6.00. The lowest BCUT2D eigenvalue weighted by atomic mass is 10.0. The highest BCUT2D eigenvalue weighted by Gasteiger charge is 2.28. The average molecular weight is 543 g/mol. The molecule has 0 saturated carbocycles. The van der Waals surface area contributed by atoms with Crippen molar-refractivity contribution in [3.63, 3.8) is 0 Å². The molecule has 4 aromatic carbocycles. The number of hydrogen-bond acceptors (Lipinski definition) is 2. The molecule has 0 radical (unpaired) electrons. The van der Waals surface area contributed by atoms with Gasteiger partial charge in [0, 0.05) is 29.8 Å². The standard InChI is InChI=1S/C31H25N3O.BF4/c1-23-17-19-28(20-18-23)34-29(25-13-7-3-8-14-25)21-26(24-11-5-2-6-12-24)22-30(34)31(35)33-32-27-15-9-4-10-16-27;2-1(3,4)5/h2-22,35H,1H3;/q;-1/p+1. The van der Waals surface area contributed by atoms with Gasteiger partial charge in [0.05, 0.1) is 5.69 Å². The SMILES string of the molecule is Cc1ccc(-[n+]2c(C(=O)NNc3ccccc3)cc(-c3ccccc3)cc2-c2ccccc2)cc1.F[B-](F)(F)F. The second-order valence-corrected chi connectivity index (χ2v) is 8.86. The monoisotopic (exact) mass is 543 g/mol. The minimum absolute atomic E-state index is 0.232. The third kappa shape index (κ3) is 7.80. The van der Waals surface area contributed by atoms with Gasteiger partial charge in [-0.2, -0.15) is 0 Å². The summed E-state index contributed by atoms with van der Waals surface area (Å²) in [5.41, 5.74) is 13.3. The van der Waals surface area contributed by atoms with Gasteiger partial charge in [-0.15, -0.1) is 4.57 Å². The van der Waals surface area contributed by atoms with Crippen molar-refractivity contribution in [3.05, 3.63) is 139 Å². The first-order chi connectivity index (χ1) is 19.2. The Bertz CT molecular complexity index is 1540. The molecule has 1 aromatic heterocycles. The maximum Gasteiger partial charge on any atom is 0.673 e. The molecule has 0 unspecified atom stereocenters. The molecule has 2 N–H and O–H groups in total. The predicted molar refractivity (Wildman–Crippen MR) is 151 cm³/mol. The molecule has 9 heteroatoms. The zero-order valence-electron chi connectivity index (χ0n) is 21.6. The van der Waals surface area contributed by atoms with Crippen LogP contribution in [0.5, 0.6) is 0 Å². The molecule has 202 valence electrons. The van der Waals surface area contributed by atoms with Gasteiger partial charge >= 0.3 is 13.2 Å². The van der Waals surface area contributed by atoms with E-state index in [2.05, 4.69) is 60.2 Å². The Hall–Kier alpha value is -4.92. The van der Waals surface area contributed by atoms with E-state index in [0.29, 0.717) is 5.69 Å². The van der Waals surface area contributed by atoms with Crippen molar-refractivity contribution in [2.45, 2.75) is 6.92 Å². The number of anilines is 1. The number of pyridine rings is 1. The Morgan fingerprint density at radius 3 is 1.70 bits per heavy atom. The second-order valence-electron chi connectivity index (χ2n) is 8.86. The molecule has 0 spiro atoms. The lowest BCUT2D eigenvalue weighted by Gasteiger charge is -2.13. The van der Waals surface area contributed by atoms with E-state index < -0.39 is 7.25 Å².